The van der Waals surface area contributed by atoms with Crippen molar-refractivity contribution in [2.75, 3.05) is 13.1 Å². The van der Waals surface area contributed by atoms with Crippen LogP contribution in [0.25, 0.3) is 11.0 Å². The zero-order valence-corrected chi connectivity index (χ0v) is 13.8. The van der Waals surface area contributed by atoms with Gasteiger partial charge in [-0.25, -0.2) is 4.98 Å². The predicted octanol–water partition coefficient (Wildman–Crippen LogP) is 3.85. The molecule has 0 bridgehead atoms. The molecule has 0 radical (unpaired) electrons. The van der Waals surface area contributed by atoms with Gasteiger partial charge in [-0.3, -0.25) is 0 Å². The second-order valence-corrected chi connectivity index (χ2v) is 6.70. The molecular weight excluding hydrogens is 314 g/mol. The van der Waals surface area contributed by atoms with Gasteiger partial charge < -0.3 is 9.88 Å². The van der Waals surface area contributed by atoms with Gasteiger partial charge in [-0.05, 0) is 44.0 Å². The number of hydrogen-bond acceptors (Lipinski definition) is 2. The van der Waals surface area contributed by atoms with E-state index in [1.165, 1.54) is 17.8 Å². The Morgan fingerprint density at radius 2 is 2.25 bits per heavy atom. The Morgan fingerprint density at radius 1 is 1.40 bits per heavy atom. The second-order valence-electron chi connectivity index (χ2n) is 5.78. The van der Waals surface area contributed by atoms with Crippen LogP contribution in [0.4, 0.5) is 0 Å². The van der Waals surface area contributed by atoms with Gasteiger partial charge in [0.25, 0.3) is 0 Å². The van der Waals surface area contributed by atoms with E-state index in [0.717, 1.165) is 42.5 Å². The van der Waals surface area contributed by atoms with E-state index in [2.05, 4.69) is 57.9 Å². The molecule has 1 N–H and O–H groups in total. The van der Waals surface area contributed by atoms with Crippen molar-refractivity contribution >= 4 is 27.0 Å². The standard InChI is InChI=1S/C16H22BrN3/c1-3-9-20-14-6-5-12(17)10-13(14)19-15(20)16(4-2)7-8-18-11-16/h5-6,10,18H,3-4,7-9,11H2,1-2H3. The van der Waals surface area contributed by atoms with E-state index < -0.39 is 0 Å². The summed E-state index contributed by atoms with van der Waals surface area (Å²) >= 11 is 3.56. The lowest BCUT2D eigenvalue weighted by Gasteiger charge is -2.27. The van der Waals surface area contributed by atoms with Gasteiger partial charge in [0.05, 0.1) is 11.0 Å². The van der Waals surface area contributed by atoms with E-state index in [0.29, 0.717) is 0 Å². The van der Waals surface area contributed by atoms with Crippen LogP contribution in [0.1, 0.15) is 38.9 Å². The molecule has 0 spiro atoms. The van der Waals surface area contributed by atoms with Gasteiger partial charge in [0.1, 0.15) is 5.82 Å². The third-order valence-electron chi connectivity index (χ3n) is 4.55. The SMILES string of the molecule is CCCn1c(C2(CC)CCNC2)nc2cc(Br)ccc21. The summed E-state index contributed by atoms with van der Waals surface area (Å²) in [6.45, 7) is 7.73. The molecule has 2 heterocycles. The molecule has 20 heavy (non-hydrogen) atoms. The fourth-order valence-corrected chi connectivity index (χ4v) is 3.70. The summed E-state index contributed by atoms with van der Waals surface area (Å²) in [4.78, 5) is 5.01. The number of fused-ring (bicyclic) bond motifs is 1. The first-order valence-corrected chi connectivity index (χ1v) is 8.36. The molecule has 1 aromatic heterocycles. The van der Waals surface area contributed by atoms with E-state index in [4.69, 9.17) is 4.98 Å². The Hall–Kier alpha value is -0.870. The van der Waals surface area contributed by atoms with E-state index in [9.17, 15) is 0 Å². The smallest absolute Gasteiger partial charge is 0.117 e. The van der Waals surface area contributed by atoms with Gasteiger partial charge in [0.15, 0.2) is 0 Å². The van der Waals surface area contributed by atoms with E-state index in [-0.39, 0.29) is 5.41 Å². The summed E-state index contributed by atoms with van der Waals surface area (Å²) in [5, 5.41) is 3.53. The highest BCUT2D eigenvalue weighted by Crippen LogP contribution is 2.36. The van der Waals surface area contributed by atoms with Crippen LogP contribution >= 0.6 is 15.9 Å². The van der Waals surface area contributed by atoms with Gasteiger partial charge in [-0.1, -0.05) is 29.8 Å². The van der Waals surface area contributed by atoms with Crippen molar-refractivity contribution < 1.29 is 0 Å². The Labute approximate surface area is 128 Å². The molecule has 4 heteroatoms. The first kappa shape index (κ1) is 14.1. The first-order valence-electron chi connectivity index (χ1n) is 7.57. The number of nitrogens with one attached hydrogen (secondary N) is 1. The highest BCUT2D eigenvalue weighted by molar-refractivity contribution is 9.10. The maximum Gasteiger partial charge on any atom is 0.117 e. The normalized spacial score (nSPS) is 22.8. The molecular formula is C16H22BrN3. The lowest BCUT2D eigenvalue weighted by atomic mass is 9.83. The third kappa shape index (κ3) is 2.19. The van der Waals surface area contributed by atoms with Crippen LogP contribution in [0.2, 0.25) is 0 Å². The summed E-state index contributed by atoms with van der Waals surface area (Å²) in [5.41, 5.74) is 2.59. The number of aryl methyl sites for hydroxylation is 1. The maximum absolute atomic E-state index is 5.01. The molecule has 2 aromatic rings. The largest absolute Gasteiger partial charge is 0.327 e. The highest BCUT2D eigenvalue weighted by Gasteiger charge is 2.38. The van der Waals surface area contributed by atoms with Crippen LogP contribution in [0.3, 0.4) is 0 Å². The fourth-order valence-electron chi connectivity index (χ4n) is 3.35. The second kappa shape index (κ2) is 5.49. The summed E-state index contributed by atoms with van der Waals surface area (Å²) in [5.74, 6) is 1.28. The van der Waals surface area contributed by atoms with Crippen molar-refractivity contribution in [3.8, 4) is 0 Å². The van der Waals surface area contributed by atoms with Crippen LogP contribution in [0.15, 0.2) is 22.7 Å². The predicted molar refractivity (Wildman–Crippen MR) is 87.2 cm³/mol. The molecule has 1 unspecified atom stereocenters. The maximum atomic E-state index is 5.01. The number of halogens is 1. The fraction of sp³-hybridized carbons (Fsp3) is 0.562. The van der Waals surface area contributed by atoms with Crippen LogP contribution in [0, 0.1) is 0 Å². The quantitative estimate of drug-likeness (QED) is 0.919. The Balaban J connectivity index is 2.20. The molecule has 108 valence electrons. The zero-order valence-electron chi connectivity index (χ0n) is 12.2. The van der Waals surface area contributed by atoms with Crippen molar-refractivity contribution in [3.05, 3.63) is 28.5 Å². The van der Waals surface area contributed by atoms with Gasteiger partial charge in [-0.15, -0.1) is 0 Å². The minimum Gasteiger partial charge on any atom is -0.327 e. The average Bonchev–Trinajstić information content (AvgIpc) is 3.05. The Bertz CT molecular complexity index is 611. The zero-order chi connectivity index (χ0) is 14.2. The molecule has 3 rings (SSSR count). The molecule has 1 fully saturated rings. The number of benzene rings is 1. The summed E-state index contributed by atoms with van der Waals surface area (Å²) in [6, 6.07) is 6.44. The van der Waals surface area contributed by atoms with Crippen LogP contribution in [0.5, 0.6) is 0 Å². The molecule has 0 aliphatic carbocycles. The van der Waals surface area contributed by atoms with Crippen LogP contribution in [-0.4, -0.2) is 22.6 Å². The summed E-state index contributed by atoms with van der Waals surface area (Å²) in [7, 11) is 0. The highest BCUT2D eigenvalue weighted by atomic mass is 79.9. The molecule has 1 aromatic carbocycles. The number of imidazole rings is 1. The van der Waals surface area contributed by atoms with Crippen molar-refractivity contribution in [1.29, 1.82) is 0 Å². The van der Waals surface area contributed by atoms with Crippen LogP contribution in [-0.2, 0) is 12.0 Å². The Morgan fingerprint density at radius 3 is 2.90 bits per heavy atom. The van der Waals surface area contributed by atoms with Crippen molar-refractivity contribution in [1.82, 2.24) is 14.9 Å². The molecule has 1 atom stereocenters. The van der Waals surface area contributed by atoms with Gasteiger partial charge in [-0.2, -0.15) is 0 Å². The van der Waals surface area contributed by atoms with Crippen molar-refractivity contribution in [2.45, 2.75) is 45.1 Å². The summed E-state index contributed by atoms with van der Waals surface area (Å²) in [6.07, 6.45) is 3.48. The van der Waals surface area contributed by atoms with E-state index >= 15 is 0 Å². The topological polar surface area (TPSA) is 29.9 Å². The minimum absolute atomic E-state index is 0.209. The molecule has 1 aliphatic rings. The molecule has 0 amide bonds. The van der Waals surface area contributed by atoms with Crippen LogP contribution < -0.4 is 5.32 Å². The van der Waals surface area contributed by atoms with Gasteiger partial charge >= 0.3 is 0 Å². The van der Waals surface area contributed by atoms with E-state index in [1.54, 1.807) is 0 Å². The third-order valence-corrected chi connectivity index (χ3v) is 5.05. The lowest BCUT2D eigenvalue weighted by molar-refractivity contribution is 0.405. The molecule has 1 aliphatic heterocycles. The van der Waals surface area contributed by atoms with Crippen molar-refractivity contribution in [3.63, 3.8) is 0 Å². The Kier molecular flexibility index (Phi) is 3.87. The minimum atomic E-state index is 0.209. The van der Waals surface area contributed by atoms with Gasteiger partial charge in [0, 0.05) is 23.0 Å². The van der Waals surface area contributed by atoms with Gasteiger partial charge in [0.2, 0.25) is 0 Å². The monoisotopic (exact) mass is 335 g/mol. The summed E-state index contributed by atoms with van der Waals surface area (Å²) < 4.78 is 3.55. The first-order chi connectivity index (χ1) is 9.70. The molecule has 3 nitrogen and oxygen atoms in total. The number of aromatic nitrogens is 2. The molecule has 1 saturated heterocycles. The molecule has 0 saturated carbocycles. The lowest BCUT2D eigenvalue weighted by Crippen LogP contribution is -2.32. The number of nitrogens with zero attached hydrogens (tertiary/aromatic N) is 2. The average molecular weight is 336 g/mol. The van der Waals surface area contributed by atoms with Crippen molar-refractivity contribution in [2.24, 2.45) is 0 Å². The number of hydrogen-bond donors (Lipinski definition) is 1. The number of rotatable bonds is 4. The van der Waals surface area contributed by atoms with E-state index in [1.807, 2.05) is 0 Å².